The second-order valence-electron chi connectivity index (χ2n) is 7.27. The van der Waals surface area contributed by atoms with Gasteiger partial charge in [0.15, 0.2) is 0 Å². The fraction of sp³-hybridized carbons (Fsp3) is 0.348. The number of aromatic amines is 1. The summed E-state index contributed by atoms with van der Waals surface area (Å²) in [5.41, 5.74) is 4.41. The minimum Gasteiger partial charge on any atom is -0.378 e. The molecule has 0 bridgehead atoms. The number of fused-ring (bicyclic) bond motifs is 1. The second kappa shape index (κ2) is 9.58. The smallest absolute Gasteiger partial charge is 0.225 e. The van der Waals surface area contributed by atoms with Crippen LogP contribution >= 0.6 is 0 Å². The molecule has 2 aromatic carbocycles. The standard InChI is InChI=1S/C23H28N4O2/c28-23(26-21-7-3-4-8-22(21)27-13-15-29-16-14-27)10-12-24-11-9-18-17-25-20-6-2-1-5-19(18)20/h1-8,17,24-25H,9-16H2,(H,26,28). The average Bonchev–Trinajstić information content (AvgIpc) is 3.18. The number of hydrogen-bond donors (Lipinski definition) is 3. The van der Waals surface area contributed by atoms with Gasteiger partial charge in [0.2, 0.25) is 5.91 Å². The molecule has 2 heterocycles. The van der Waals surface area contributed by atoms with Gasteiger partial charge in [0.25, 0.3) is 0 Å². The quantitative estimate of drug-likeness (QED) is 0.515. The first-order valence-corrected chi connectivity index (χ1v) is 10.3. The monoisotopic (exact) mass is 392 g/mol. The normalized spacial score (nSPS) is 14.3. The van der Waals surface area contributed by atoms with Gasteiger partial charge in [-0.2, -0.15) is 0 Å². The summed E-state index contributed by atoms with van der Waals surface area (Å²) < 4.78 is 5.43. The van der Waals surface area contributed by atoms with E-state index in [0.29, 0.717) is 13.0 Å². The molecule has 152 valence electrons. The lowest BCUT2D eigenvalue weighted by atomic mass is 10.1. The topological polar surface area (TPSA) is 69.4 Å². The fourth-order valence-corrected chi connectivity index (χ4v) is 3.76. The van der Waals surface area contributed by atoms with Crippen molar-refractivity contribution in [3.05, 3.63) is 60.3 Å². The van der Waals surface area contributed by atoms with Crippen LogP contribution in [0.2, 0.25) is 0 Å². The predicted molar refractivity (Wildman–Crippen MR) is 118 cm³/mol. The Morgan fingerprint density at radius 2 is 1.83 bits per heavy atom. The van der Waals surface area contributed by atoms with Crippen molar-refractivity contribution in [2.45, 2.75) is 12.8 Å². The molecule has 3 N–H and O–H groups in total. The van der Waals surface area contributed by atoms with Gasteiger partial charge >= 0.3 is 0 Å². The van der Waals surface area contributed by atoms with Crippen molar-refractivity contribution in [1.29, 1.82) is 0 Å². The Kier molecular flexibility index (Phi) is 6.44. The number of nitrogens with one attached hydrogen (secondary N) is 3. The summed E-state index contributed by atoms with van der Waals surface area (Å²) in [7, 11) is 0. The van der Waals surface area contributed by atoms with Gasteiger partial charge in [-0.25, -0.2) is 0 Å². The number of H-pyrrole nitrogens is 1. The number of benzene rings is 2. The number of amides is 1. The van der Waals surface area contributed by atoms with Crippen molar-refractivity contribution in [3.8, 4) is 0 Å². The molecule has 29 heavy (non-hydrogen) atoms. The van der Waals surface area contributed by atoms with Crippen LogP contribution in [0.3, 0.4) is 0 Å². The summed E-state index contributed by atoms with van der Waals surface area (Å²) in [4.78, 5) is 18.0. The van der Waals surface area contributed by atoms with Crippen molar-refractivity contribution in [2.75, 3.05) is 49.6 Å². The molecule has 0 aliphatic carbocycles. The van der Waals surface area contributed by atoms with Crippen molar-refractivity contribution in [2.24, 2.45) is 0 Å². The van der Waals surface area contributed by atoms with Crippen LogP contribution in [0.15, 0.2) is 54.7 Å². The largest absolute Gasteiger partial charge is 0.378 e. The lowest BCUT2D eigenvalue weighted by Crippen LogP contribution is -2.36. The minimum absolute atomic E-state index is 0.0327. The van der Waals surface area contributed by atoms with E-state index in [1.165, 1.54) is 16.5 Å². The van der Waals surface area contributed by atoms with E-state index in [4.69, 9.17) is 4.74 Å². The van der Waals surface area contributed by atoms with E-state index < -0.39 is 0 Å². The second-order valence-corrected chi connectivity index (χ2v) is 7.27. The molecule has 0 atom stereocenters. The Bertz CT molecular complexity index is 947. The SMILES string of the molecule is O=C(CCNCCc1c[nH]c2ccccc12)Nc1ccccc1N1CCOCC1. The van der Waals surface area contributed by atoms with E-state index in [1.54, 1.807) is 0 Å². The molecule has 1 saturated heterocycles. The van der Waals surface area contributed by atoms with Gasteiger partial charge < -0.3 is 25.3 Å². The van der Waals surface area contributed by atoms with Gasteiger partial charge in [0, 0.05) is 43.2 Å². The minimum atomic E-state index is 0.0327. The maximum absolute atomic E-state index is 12.4. The van der Waals surface area contributed by atoms with Gasteiger partial charge in [-0.15, -0.1) is 0 Å². The summed E-state index contributed by atoms with van der Waals surface area (Å²) in [6.07, 6.45) is 3.46. The Balaban J connectivity index is 1.22. The maximum atomic E-state index is 12.4. The summed E-state index contributed by atoms with van der Waals surface area (Å²) >= 11 is 0. The summed E-state index contributed by atoms with van der Waals surface area (Å²) in [6.45, 7) is 4.66. The molecule has 4 rings (SSSR count). The van der Waals surface area contributed by atoms with Gasteiger partial charge in [-0.3, -0.25) is 4.79 Å². The first-order valence-electron chi connectivity index (χ1n) is 10.3. The van der Waals surface area contributed by atoms with E-state index in [-0.39, 0.29) is 5.91 Å². The number of para-hydroxylation sites is 3. The highest BCUT2D eigenvalue weighted by molar-refractivity contribution is 5.94. The third-order valence-electron chi connectivity index (χ3n) is 5.30. The Hall–Kier alpha value is -2.83. The highest BCUT2D eigenvalue weighted by Gasteiger charge is 2.15. The molecule has 6 heteroatoms. The molecule has 1 fully saturated rings. The first kappa shape index (κ1) is 19.5. The van der Waals surface area contributed by atoms with E-state index in [1.807, 2.05) is 24.3 Å². The molecule has 1 aromatic heterocycles. The van der Waals surface area contributed by atoms with Gasteiger partial charge in [-0.05, 0) is 36.7 Å². The van der Waals surface area contributed by atoms with Crippen LogP contribution in [0.4, 0.5) is 11.4 Å². The van der Waals surface area contributed by atoms with Crippen LogP contribution in [0.25, 0.3) is 10.9 Å². The van der Waals surface area contributed by atoms with E-state index in [0.717, 1.165) is 50.6 Å². The van der Waals surface area contributed by atoms with Crippen molar-refractivity contribution >= 4 is 28.2 Å². The molecule has 0 radical (unpaired) electrons. The fourth-order valence-electron chi connectivity index (χ4n) is 3.76. The summed E-state index contributed by atoms with van der Waals surface area (Å²) in [5.74, 6) is 0.0327. The van der Waals surface area contributed by atoms with Crippen LogP contribution in [-0.4, -0.2) is 50.3 Å². The molecule has 0 saturated carbocycles. The van der Waals surface area contributed by atoms with Gasteiger partial charge in [-0.1, -0.05) is 30.3 Å². The number of carbonyl (C=O) groups is 1. The summed E-state index contributed by atoms with van der Waals surface area (Å²) in [6, 6.07) is 16.3. The summed E-state index contributed by atoms with van der Waals surface area (Å²) in [5, 5.41) is 7.72. The number of anilines is 2. The third kappa shape index (κ3) is 4.96. The molecular formula is C23H28N4O2. The van der Waals surface area contributed by atoms with Gasteiger partial charge in [0.05, 0.1) is 24.6 Å². The van der Waals surface area contributed by atoms with E-state index >= 15 is 0 Å². The number of nitrogens with zero attached hydrogens (tertiary/aromatic N) is 1. The number of ether oxygens (including phenoxy) is 1. The predicted octanol–water partition coefficient (Wildman–Crippen LogP) is 3.17. The van der Waals surface area contributed by atoms with Crippen molar-refractivity contribution < 1.29 is 9.53 Å². The molecule has 0 spiro atoms. The molecule has 6 nitrogen and oxygen atoms in total. The van der Waals surface area contributed by atoms with Crippen molar-refractivity contribution in [1.82, 2.24) is 10.3 Å². The third-order valence-corrected chi connectivity index (χ3v) is 5.30. The first-order chi connectivity index (χ1) is 14.3. The number of morpholine rings is 1. The Morgan fingerprint density at radius 3 is 2.72 bits per heavy atom. The molecule has 3 aromatic rings. The molecular weight excluding hydrogens is 364 g/mol. The number of rotatable bonds is 8. The zero-order valence-electron chi connectivity index (χ0n) is 16.6. The molecule has 1 amide bonds. The molecule has 1 aliphatic heterocycles. The number of aromatic nitrogens is 1. The Labute approximate surface area is 171 Å². The zero-order valence-corrected chi connectivity index (χ0v) is 16.6. The van der Waals surface area contributed by atoms with Crippen molar-refractivity contribution in [3.63, 3.8) is 0 Å². The molecule has 0 unspecified atom stereocenters. The van der Waals surface area contributed by atoms with Crippen LogP contribution in [0, 0.1) is 0 Å². The lowest BCUT2D eigenvalue weighted by molar-refractivity contribution is -0.116. The highest BCUT2D eigenvalue weighted by Crippen LogP contribution is 2.26. The zero-order chi connectivity index (χ0) is 19.9. The lowest BCUT2D eigenvalue weighted by Gasteiger charge is -2.30. The number of carbonyl (C=O) groups excluding carboxylic acids is 1. The van der Waals surface area contributed by atoms with E-state index in [9.17, 15) is 4.79 Å². The maximum Gasteiger partial charge on any atom is 0.225 e. The van der Waals surface area contributed by atoms with Crippen LogP contribution in [0.1, 0.15) is 12.0 Å². The van der Waals surface area contributed by atoms with Crippen LogP contribution < -0.4 is 15.5 Å². The number of hydrogen-bond acceptors (Lipinski definition) is 4. The molecule has 1 aliphatic rings. The Morgan fingerprint density at radius 1 is 1.03 bits per heavy atom. The highest BCUT2D eigenvalue weighted by atomic mass is 16.5. The van der Waals surface area contributed by atoms with Crippen LogP contribution in [-0.2, 0) is 16.0 Å². The van der Waals surface area contributed by atoms with E-state index in [2.05, 4.69) is 51.0 Å². The average molecular weight is 393 g/mol. The van der Waals surface area contributed by atoms with Crippen LogP contribution in [0.5, 0.6) is 0 Å². The van der Waals surface area contributed by atoms with Gasteiger partial charge in [0.1, 0.15) is 0 Å².